The van der Waals surface area contributed by atoms with Crippen LogP contribution in [0.25, 0.3) is 0 Å². The fourth-order valence-electron chi connectivity index (χ4n) is 2.40. The van der Waals surface area contributed by atoms with Crippen molar-refractivity contribution < 1.29 is 18.7 Å². The highest BCUT2D eigenvalue weighted by Crippen LogP contribution is 2.28. The molecule has 2 aromatic carbocycles. The van der Waals surface area contributed by atoms with E-state index in [1.807, 2.05) is 30.3 Å². The van der Waals surface area contributed by atoms with Crippen molar-refractivity contribution in [2.45, 2.75) is 13.5 Å². The molecular formula is C21H19BrN2O4. The van der Waals surface area contributed by atoms with Gasteiger partial charge in [0, 0.05) is 4.47 Å². The van der Waals surface area contributed by atoms with Crippen molar-refractivity contribution in [2.24, 2.45) is 5.10 Å². The molecule has 1 heterocycles. The zero-order valence-corrected chi connectivity index (χ0v) is 17.0. The Morgan fingerprint density at radius 1 is 1.14 bits per heavy atom. The summed E-state index contributed by atoms with van der Waals surface area (Å²) in [6.45, 7) is 2.20. The maximum absolute atomic E-state index is 11.9. The highest BCUT2D eigenvalue weighted by molar-refractivity contribution is 9.10. The summed E-state index contributed by atoms with van der Waals surface area (Å²) in [5, 5.41) is 3.95. The van der Waals surface area contributed by atoms with Gasteiger partial charge in [-0.25, -0.2) is 5.43 Å². The average molecular weight is 443 g/mol. The molecule has 0 aliphatic heterocycles. The van der Waals surface area contributed by atoms with Crippen LogP contribution in [0.2, 0.25) is 0 Å². The average Bonchev–Trinajstić information content (AvgIpc) is 3.14. The Balaban J connectivity index is 1.61. The standard InChI is InChI=1S/C21H19BrN2O4/c1-14-3-9-19(28-14)21(25)24-23-12-16-6-10-18(20(11-16)26-2)27-13-15-4-7-17(22)8-5-15/h3-12H,13H2,1-2H3,(H,24,25)/b23-12+. The van der Waals surface area contributed by atoms with Gasteiger partial charge in [0.15, 0.2) is 17.3 Å². The van der Waals surface area contributed by atoms with Crippen LogP contribution in [-0.4, -0.2) is 19.2 Å². The first-order valence-corrected chi connectivity index (χ1v) is 9.29. The van der Waals surface area contributed by atoms with E-state index in [1.165, 1.54) is 6.21 Å². The monoisotopic (exact) mass is 442 g/mol. The Hall–Kier alpha value is -3.06. The second-order valence-electron chi connectivity index (χ2n) is 5.93. The molecule has 0 atom stereocenters. The van der Waals surface area contributed by atoms with E-state index in [9.17, 15) is 4.79 Å². The van der Waals surface area contributed by atoms with Crippen molar-refractivity contribution in [2.75, 3.05) is 7.11 Å². The zero-order chi connectivity index (χ0) is 19.9. The minimum Gasteiger partial charge on any atom is -0.493 e. The summed E-state index contributed by atoms with van der Waals surface area (Å²) in [7, 11) is 1.57. The molecule has 7 heteroatoms. The number of methoxy groups -OCH3 is 1. The second kappa shape index (κ2) is 9.23. The normalized spacial score (nSPS) is 10.8. The Bertz CT molecular complexity index is 980. The third-order valence-corrected chi connectivity index (χ3v) is 4.37. The predicted octanol–water partition coefficient (Wildman–Crippen LogP) is 4.70. The summed E-state index contributed by atoms with van der Waals surface area (Å²) in [5.74, 6) is 1.67. The Kier molecular flexibility index (Phi) is 6.49. The van der Waals surface area contributed by atoms with Crippen LogP contribution < -0.4 is 14.9 Å². The summed E-state index contributed by atoms with van der Waals surface area (Å²) in [6, 6.07) is 16.6. The maximum atomic E-state index is 11.9. The van der Waals surface area contributed by atoms with Crippen LogP contribution >= 0.6 is 15.9 Å². The molecular weight excluding hydrogens is 424 g/mol. The van der Waals surface area contributed by atoms with Crippen LogP contribution in [0.1, 0.15) is 27.4 Å². The number of carbonyl (C=O) groups excluding carboxylic acids is 1. The molecule has 0 aliphatic carbocycles. The number of nitrogens with one attached hydrogen (secondary N) is 1. The molecule has 1 N–H and O–H groups in total. The highest BCUT2D eigenvalue weighted by atomic mass is 79.9. The first kappa shape index (κ1) is 19.7. The lowest BCUT2D eigenvalue weighted by molar-refractivity contribution is 0.0926. The number of furan rings is 1. The van der Waals surface area contributed by atoms with E-state index in [-0.39, 0.29) is 5.76 Å². The molecule has 0 aliphatic rings. The molecule has 3 aromatic rings. The van der Waals surface area contributed by atoms with Gasteiger partial charge in [0.1, 0.15) is 12.4 Å². The highest BCUT2D eigenvalue weighted by Gasteiger charge is 2.09. The Morgan fingerprint density at radius 2 is 1.93 bits per heavy atom. The van der Waals surface area contributed by atoms with Crippen molar-refractivity contribution in [1.82, 2.24) is 5.43 Å². The summed E-state index contributed by atoms with van der Waals surface area (Å²) < 4.78 is 17.5. The Morgan fingerprint density at radius 3 is 2.61 bits per heavy atom. The summed E-state index contributed by atoms with van der Waals surface area (Å²) in [4.78, 5) is 11.9. The van der Waals surface area contributed by atoms with Gasteiger partial charge in [-0.1, -0.05) is 28.1 Å². The van der Waals surface area contributed by atoms with Crippen molar-refractivity contribution in [3.05, 3.63) is 81.7 Å². The zero-order valence-electron chi connectivity index (χ0n) is 15.4. The number of nitrogens with zero attached hydrogens (tertiary/aromatic N) is 1. The van der Waals surface area contributed by atoms with Gasteiger partial charge in [-0.2, -0.15) is 5.10 Å². The molecule has 0 bridgehead atoms. The number of ether oxygens (including phenoxy) is 2. The van der Waals surface area contributed by atoms with Crippen molar-refractivity contribution in [3.8, 4) is 11.5 Å². The third-order valence-electron chi connectivity index (χ3n) is 3.84. The van der Waals surface area contributed by atoms with Crippen LogP contribution in [0.3, 0.4) is 0 Å². The molecule has 6 nitrogen and oxygen atoms in total. The predicted molar refractivity (Wildman–Crippen MR) is 110 cm³/mol. The van der Waals surface area contributed by atoms with Crippen molar-refractivity contribution in [3.63, 3.8) is 0 Å². The molecule has 0 fully saturated rings. The largest absolute Gasteiger partial charge is 0.493 e. The number of amides is 1. The topological polar surface area (TPSA) is 73.1 Å². The number of hydrazone groups is 1. The van der Waals surface area contributed by atoms with E-state index in [2.05, 4.69) is 26.5 Å². The molecule has 28 heavy (non-hydrogen) atoms. The van der Waals surface area contributed by atoms with Crippen LogP contribution in [0, 0.1) is 6.92 Å². The minimum absolute atomic E-state index is 0.212. The van der Waals surface area contributed by atoms with Crippen LogP contribution in [0.5, 0.6) is 11.5 Å². The van der Waals surface area contributed by atoms with Crippen LogP contribution in [0.4, 0.5) is 0 Å². The lowest BCUT2D eigenvalue weighted by atomic mass is 10.2. The molecule has 0 saturated heterocycles. The number of halogens is 1. The van der Waals surface area contributed by atoms with E-state index in [0.29, 0.717) is 23.9 Å². The third kappa shape index (κ3) is 5.23. The molecule has 0 radical (unpaired) electrons. The quantitative estimate of drug-likeness (QED) is 0.424. The number of carbonyl (C=O) groups is 1. The van der Waals surface area contributed by atoms with Crippen LogP contribution in [0.15, 0.2) is 68.6 Å². The van der Waals surface area contributed by atoms with Gasteiger partial charge in [-0.3, -0.25) is 4.79 Å². The fraction of sp³-hybridized carbons (Fsp3) is 0.143. The van der Waals surface area contributed by atoms with Crippen molar-refractivity contribution >= 4 is 28.1 Å². The van der Waals surface area contributed by atoms with Gasteiger partial charge in [-0.15, -0.1) is 0 Å². The van der Waals surface area contributed by atoms with Crippen molar-refractivity contribution in [1.29, 1.82) is 0 Å². The van der Waals surface area contributed by atoms with E-state index in [0.717, 1.165) is 15.6 Å². The first-order valence-electron chi connectivity index (χ1n) is 8.50. The summed E-state index contributed by atoms with van der Waals surface area (Å²) in [6.07, 6.45) is 1.52. The van der Waals surface area contributed by atoms with Crippen LogP contribution in [-0.2, 0) is 6.61 Å². The summed E-state index contributed by atoms with van der Waals surface area (Å²) in [5.41, 5.74) is 4.23. The fourth-order valence-corrected chi connectivity index (χ4v) is 2.67. The van der Waals surface area contributed by atoms with Gasteiger partial charge in [-0.05, 0) is 60.5 Å². The number of aryl methyl sites for hydroxylation is 1. The minimum atomic E-state index is -0.411. The van der Waals surface area contributed by atoms with Gasteiger partial charge in [0.2, 0.25) is 0 Å². The lowest BCUT2D eigenvalue weighted by Gasteiger charge is -2.11. The Labute approximate surface area is 171 Å². The smallest absolute Gasteiger partial charge is 0.307 e. The van der Waals surface area contributed by atoms with E-state index in [4.69, 9.17) is 13.9 Å². The summed E-state index contributed by atoms with van der Waals surface area (Å²) >= 11 is 3.41. The lowest BCUT2D eigenvalue weighted by Crippen LogP contribution is -2.16. The van der Waals surface area contributed by atoms with Gasteiger partial charge < -0.3 is 13.9 Å². The molecule has 1 amide bonds. The molecule has 1 aromatic heterocycles. The second-order valence-corrected chi connectivity index (χ2v) is 6.85. The van der Waals surface area contributed by atoms with E-state index in [1.54, 1.807) is 38.3 Å². The number of rotatable bonds is 7. The molecule has 0 saturated carbocycles. The number of hydrogen-bond donors (Lipinski definition) is 1. The molecule has 144 valence electrons. The van der Waals surface area contributed by atoms with Gasteiger partial charge in [0.05, 0.1) is 13.3 Å². The SMILES string of the molecule is COc1cc(/C=N/NC(=O)c2ccc(C)o2)ccc1OCc1ccc(Br)cc1. The molecule has 0 spiro atoms. The first-order chi connectivity index (χ1) is 13.5. The maximum Gasteiger partial charge on any atom is 0.307 e. The van der Waals surface area contributed by atoms with Gasteiger partial charge >= 0.3 is 5.91 Å². The number of benzene rings is 2. The van der Waals surface area contributed by atoms with E-state index < -0.39 is 5.91 Å². The van der Waals surface area contributed by atoms with E-state index >= 15 is 0 Å². The van der Waals surface area contributed by atoms with Gasteiger partial charge in [0.25, 0.3) is 0 Å². The number of hydrogen-bond acceptors (Lipinski definition) is 5. The molecule has 3 rings (SSSR count). The molecule has 0 unspecified atom stereocenters.